The van der Waals surface area contributed by atoms with Gasteiger partial charge in [0.25, 0.3) is 5.56 Å². The van der Waals surface area contributed by atoms with Crippen LogP contribution in [0.15, 0.2) is 46.2 Å². The van der Waals surface area contributed by atoms with Crippen molar-refractivity contribution >= 4 is 5.82 Å². The van der Waals surface area contributed by atoms with E-state index in [1.54, 1.807) is 19.5 Å². The quantitative estimate of drug-likeness (QED) is 0.705. The van der Waals surface area contributed by atoms with E-state index in [0.29, 0.717) is 11.6 Å². The Morgan fingerprint density at radius 2 is 1.96 bits per heavy atom. The summed E-state index contributed by atoms with van der Waals surface area (Å²) in [5.74, 6) is 1.42. The van der Waals surface area contributed by atoms with E-state index in [2.05, 4.69) is 10.3 Å². The van der Waals surface area contributed by atoms with E-state index in [9.17, 15) is 14.9 Å². The molecule has 3 rings (SSSR count). The Labute approximate surface area is 161 Å². The molecule has 1 aromatic carbocycles. The number of benzene rings is 1. The van der Waals surface area contributed by atoms with E-state index in [1.165, 1.54) is 18.7 Å². The number of nitriles is 1. The van der Waals surface area contributed by atoms with Gasteiger partial charge in [0.15, 0.2) is 5.56 Å². The predicted octanol–water partition coefficient (Wildman–Crippen LogP) is 0.899. The van der Waals surface area contributed by atoms with Gasteiger partial charge in [-0.15, -0.1) is 0 Å². The van der Waals surface area contributed by atoms with E-state index in [0.717, 1.165) is 10.1 Å². The number of imidazole rings is 1. The zero-order chi connectivity index (χ0) is 20.4. The molecular weight excluding hydrogens is 360 g/mol. The highest BCUT2D eigenvalue weighted by molar-refractivity contribution is 5.54. The summed E-state index contributed by atoms with van der Waals surface area (Å²) in [6.45, 7) is 0. The van der Waals surface area contributed by atoms with Crippen LogP contribution in [0.1, 0.15) is 23.0 Å². The van der Waals surface area contributed by atoms with Gasteiger partial charge in [0.05, 0.1) is 7.11 Å². The summed E-state index contributed by atoms with van der Waals surface area (Å²) >= 11 is 0. The maximum absolute atomic E-state index is 12.4. The topological polar surface area (TPSA) is 107 Å². The lowest BCUT2D eigenvalue weighted by Gasteiger charge is -2.23. The number of anilines is 1. The Bertz CT molecular complexity index is 1180. The van der Waals surface area contributed by atoms with Crippen molar-refractivity contribution in [3.8, 4) is 11.8 Å². The summed E-state index contributed by atoms with van der Waals surface area (Å²) in [5, 5.41) is 12.7. The van der Waals surface area contributed by atoms with Crippen molar-refractivity contribution in [3.63, 3.8) is 0 Å². The number of methoxy groups -OCH3 is 1. The van der Waals surface area contributed by atoms with Crippen molar-refractivity contribution in [2.24, 2.45) is 21.1 Å². The van der Waals surface area contributed by atoms with Gasteiger partial charge in [-0.1, -0.05) is 12.1 Å². The SMILES string of the molecule is COc1cccc(C(Nc2c(C#N)c(=O)n(C)c(=O)n2C)c2nccn2C)c1. The zero-order valence-electron chi connectivity index (χ0n) is 16.0. The highest BCUT2D eigenvalue weighted by Gasteiger charge is 2.24. The molecule has 2 heterocycles. The molecule has 0 aliphatic carbocycles. The van der Waals surface area contributed by atoms with Crippen molar-refractivity contribution < 1.29 is 4.74 Å². The average Bonchev–Trinajstić information content (AvgIpc) is 3.13. The largest absolute Gasteiger partial charge is 0.497 e. The van der Waals surface area contributed by atoms with Crippen molar-refractivity contribution in [2.45, 2.75) is 6.04 Å². The van der Waals surface area contributed by atoms with Crippen LogP contribution in [0.4, 0.5) is 5.82 Å². The molecule has 28 heavy (non-hydrogen) atoms. The molecule has 3 aromatic rings. The van der Waals surface area contributed by atoms with Gasteiger partial charge in [-0.25, -0.2) is 9.78 Å². The van der Waals surface area contributed by atoms with Gasteiger partial charge in [-0.3, -0.25) is 13.9 Å². The predicted molar refractivity (Wildman–Crippen MR) is 103 cm³/mol. The van der Waals surface area contributed by atoms with Crippen LogP contribution in [0, 0.1) is 11.3 Å². The summed E-state index contributed by atoms with van der Waals surface area (Å²) in [7, 11) is 6.26. The summed E-state index contributed by atoms with van der Waals surface area (Å²) in [6.07, 6.45) is 3.44. The highest BCUT2D eigenvalue weighted by Crippen LogP contribution is 2.28. The Kier molecular flexibility index (Phi) is 5.04. The smallest absolute Gasteiger partial charge is 0.332 e. The Hall–Kier alpha value is -3.80. The molecule has 0 fully saturated rings. The minimum absolute atomic E-state index is 0.131. The lowest BCUT2D eigenvalue weighted by Crippen LogP contribution is -2.40. The fourth-order valence-electron chi connectivity index (χ4n) is 3.02. The van der Waals surface area contributed by atoms with Crippen LogP contribution in [-0.2, 0) is 21.1 Å². The molecule has 144 valence electrons. The normalized spacial score (nSPS) is 11.7. The Morgan fingerprint density at radius 3 is 2.57 bits per heavy atom. The van der Waals surface area contributed by atoms with Gasteiger partial charge in [0, 0.05) is 33.5 Å². The molecule has 0 saturated heterocycles. The molecule has 1 atom stereocenters. The summed E-state index contributed by atoms with van der Waals surface area (Å²) in [5.41, 5.74) is -0.537. The van der Waals surface area contributed by atoms with Crippen LogP contribution in [0.3, 0.4) is 0 Å². The lowest BCUT2D eigenvalue weighted by atomic mass is 10.1. The van der Waals surface area contributed by atoms with E-state index >= 15 is 0 Å². The van der Waals surface area contributed by atoms with Crippen LogP contribution in [0.25, 0.3) is 0 Å². The second-order valence-corrected chi connectivity index (χ2v) is 6.29. The minimum atomic E-state index is -0.655. The van der Waals surface area contributed by atoms with Gasteiger partial charge in [0.2, 0.25) is 0 Å². The number of nitrogens with zero attached hydrogens (tertiary/aromatic N) is 5. The first-order valence-electron chi connectivity index (χ1n) is 8.46. The number of rotatable bonds is 5. The highest BCUT2D eigenvalue weighted by atomic mass is 16.5. The van der Waals surface area contributed by atoms with Crippen LogP contribution in [0.5, 0.6) is 5.75 Å². The molecule has 9 heteroatoms. The van der Waals surface area contributed by atoms with Crippen LogP contribution < -0.4 is 21.3 Å². The Morgan fingerprint density at radius 1 is 1.21 bits per heavy atom. The second kappa shape index (κ2) is 7.44. The third kappa shape index (κ3) is 3.16. The first kappa shape index (κ1) is 19.0. The third-order valence-electron chi connectivity index (χ3n) is 4.60. The summed E-state index contributed by atoms with van der Waals surface area (Å²) < 4.78 is 9.29. The molecule has 2 aromatic heterocycles. The van der Waals surface area contributed by atoms with Crippen molar-refractivity contribution in [1.29, 1.82) is 5.26 Å². The van der Waals surface area contributed by atoms with Gasteiger partial charge in [-0.2, -0.15) is 5.26 Å². The van der Waals surface area contributed by atoms with Crippen LogP contribution >= 0.6 is 0 Å². The maximum atomic E-state index is 12.4. The molecule has 1 N–H and O–H groups in total. The van der Waals surface area contributed by atoms with Gasteiger partial charge in [-0.05, 0) is 17.7 Å². The number of aryl methyl sites for hydroxylation is 1. The molecule has 0 aliphatic rings. The van der Waals surface area contributed by atoms with E-state index in [-0.39, 0.29) is 11.4 Å². The van der Waals surface area contributed by atoms with E-state index < -0.39 is 17.3 Å². The number of ether oxygens (including phenoxy) is 1. The van der Waals surface area contributed by atoms with Crippen molar-refractivity contribution in [3.05, 3.63) is 74.4 Å². The number of aromatic nitrogens is 4. The van der Waals surface area contributed by atoms with Crippen LogP contribution in [-0.4, -0.2) is 25.8 Å². The fourth-order valence-corrected chi connectivity index (χ4v) is 3.02. The summed E-state index contributed by atoms with van der Waals surface area (Å²) in [6, 6.07) is 8.73. The number of hydrogen-bond donors (Lipinski definition) is 1. The molecule has 9 nitrogen and oxygen atoms in total. The second-order valence-electron chi connectivity index (χ2n) is 6.29. The van der Waals surface area contributed by atoms with E-state index in [4.69, 9.17) is 4.74 Å². The minimum Gasteiger partial charge on any atom is -0.497 e. The van der Waals surface area contributed by atoms with Gasteiger partial charge in [0.1, 0.15) is 29.5 Å². The first-order valence-corrected chi connectivity index (χ1v) is 8.46. The van der Waals surface area contributed by atoms with Crippen molar-refractivity contribution in [1.82, 2.24) is 18.7 Å². The van der Waals surface area contributed by atoms with Crippen molar-refractivity contribution in [2.75, 3.05) is 12.4 Å². The lowest BCUT2D eigenvalue weighted by molar-refractivity contribution is 0.414. The summed E-state index contributed by atoms with van der Waals surface area (Å²) in [4.78, 5) is 29.2. The molecule has 0 saturated carbocycles. The average molecular weight is 380 g/mol. The molecule has 0 amide bonds. The molecule has 0 spiro atoms. The maximum Gasteiger partial charge on any atom is 0.332 e. The van der Waals surface area contributed by atoms with Gasteiger partial charge >= 0.3 is 5.69 Å². The standard InChI is InChI=1S/C19H20N6O3/c1-23-9-8-21-17(23)15(12-6-5-7-13(10-12)28-4)22-16-14(11-20)18(26)25(3)19(27)24(16)2/h5-10,15,22H,1-4H3. The number of hydrogen-bond acceptors (Lipinski definition) is 6. The molecular formula is C19H20N6O3. The first-order chi connectivity index (χ1) is 13.4. The monoisotopic (exact) mass is 380 g/mol. The van der Waals surface area contributed by atoms with Crippen LogP contribution in [0.2, 0.25) is 0 Å². The molecule has 0 bridgehead atoms. The van der Waals surface area contributed by atoms with Gasteiger partial charge < -0.3 is 14.6 Å². The fraction of sp³-hybridized carbons (Fsp3) is 0.263. The zero-order valence-corrected chi connectivity index (χ0v) is 16.0. The van der Waals surface area contributed by atoms with E-state index in [1.807, 2.05) is 41.9 Å². The number of nitrogens with one attached hydrogen (secondary N) is 1. The molecule has 0 aliphatic heterocycles. The Balaban J connectivity index is 2.22. The third-order valence-corrected chi connectivity index (χ3v) is 4.60. The molecule has 1 unspecified atom stereocenters. The molecule has 0 radical (unpaired) electrons.